The molecule has 21 heavy (non-hydrogen) atoms. The molecule has 116 valence electrons. The van der Waals surface area contributed by atoms with Gasteiger partial charge in [0.2, 0.25) is 5.91 Å². The first kappa shape index (κ1) is 16.1. The van der Waals surface area contributed by atoms with E-state index in [4.69, 9.17) is 22.1 Å². The van der Waals surface area contributed by atoms with Crippen LogP contribution in [0.25, 0.3) is 0 Å². The molecule has 0 atom stereocenters. The van der Waals surface area contributed by atoms with E-state index in [2.05, 4.69) is 17.3 Å². The summed E-state index contributed by atoms with van der Waals surface area (Å²) in [5.74, 6) is -0.0179. The summed E-state index contributed by atoms with van der Waals surface area (Å²) < 4.78 is 5.35. The molecule has 1 saturated heterocycles. The van der Waals surface area contributed by atoms with Crippen LogP contribution in [-0.2, 0) is 9.53 Å². The molecule has 0 aromatic heterocycles. The maximum absolute atomic E-state index is 12.0. The minimum Gasteiger partial charge on any atom is -0.397 e. The summed E-state index contributed by atoms with van der Waals surface area (Å²) in [5.41, 5.74) is 6.86. The minimum atomic E-state index is -0.0179. The van der Waals surface area contributed by atoms with Gasteiger partial charge < -0.3 is 20.7 Å². The van der Waals surface area contributed by atoms with Crippen molar-refractivity contribution in [1.29, 1.82) is 0 Å². The number of nitrogens with two attached hydrogens (primary N) is 1. The molecule has 1 aliphatic rings. The second-order valence-corrected chi connectivity index (χ2v) is 5.77. The average molecular weight is 312 g/mol. The molecule has 0 spiro atoms. The number of ether oxygens (including phenoxy) is 1. The average Bonchev–Trinajstić information content (AvgIpc) is 2.49. The Morgan fingerprint density at radius 1 is 1.48 bits per heavy atom. The Balaban J connectivity index is 1.77. The van der Waals surface area contributed by atoms with Gasteiger partial charge in [-0.25, -0.2) is 0 Å². The SMILES string of the molecule is CN(CCC(=O)Nc1ccc(Cl)c(N)c1)C1CCOCC1. The molecule has 0 saturated carbocycles. The van der Waals surface area contributed by atoms with Crippen LogP contribution in [0.4, 0.5) is 11.4 Å². The van der Waals surface area contributed by atoms with Crippen molar-refractivity contribution in [3.05, 3.63) is 23.2 Å². The Hall–Kier alpha value is -1.30. The lowest BCUT2D eigenvalue weighted by Crippen LogP contribution is -2.38. The summed E-state index contributed by atoms with van der Waals surface area (Å²) in [7, 11) is 2.06. The largest absolute Gasteiger partial charge is 0.397 e. The molecule has 6 heteroatoms. The maximum Gasteiger partial charge on any atom is 0.225 e. The number of halogens is 1. The lowest BCUT2D eigenvalue weighted by molar-refractivity contribution is -0.116. The van der Waals surface area contributed by atoms with Gasteiger partial charge in [0, 0.05) is 37.9 Å². The highest BCUT2D eigenvalue weighted by atomic mass is 35.5. The van der Waals surface area contributed by atoms with Crippen LogP contribution < -0.4 is 11.1 Å². The first-order valence-corrected chi connectivity index (χ1v) is 7.57. The summed E-state index contributed by atoms with van der Waals surface area (Å²) in [4.78, 5) is 14.2. The Labute approximate surface area is 130 Å². The molecule has 1 aromatic carbocycles. The number of anilines is 2. The van der Waals surface area contributed by atoms with Crippen LogP contribution >= 0.6 is 11.6 Å². The molecule has 1 amide bonds. The number of amides is 1. The van der Waals surface area contributed by atoms with Crippen molar-refractivity contribution in [3.8, 4) is 0 Å². The zero-order valence-corrected chi connectivity index (χ0v) is 13.0. The summed E-state index contributed by atoms with van der Waals surface area (Å²) in [5, 5.41) is 3.33. The number of rotatable bonds is 5. The standard InChI is InChI=1S/C15H22ClN3O2/c1-19(12-5-8-21-9-6-12)7-4-15(20)18-11-2-3-13(16)14(17)10-11/h2-3,10,12H,4-9,17H2,1H3,(H,18,20). The topological polar surface area (TPSA) is 67.6 Å². The van der Waals surface area contributed by atoms with Crippen LogP contribution in [0.3, 0.4) is 0 Å². The van der Waals surface area contributed by atoms with Gasteiger partial charge in [-0.3, -0.25) is 4.79 Å². The van der Waals surface area contributed by atoms with Crippen LogP contribution in [0.15, 0.2) is 18.2 Å². The van der Waals surface area contributed by atoms with Gasteiger partial charge in [0.05, 0.1) is 10.7 Å². The lowest BCUT2D eigenvalue weighted by Gasteiger charge is -2.30. The van der Waals surface area contributed by atoms with Gasteiger partial charge in [0.25, 0.3) is 0 Å². The highest BCUT2D eigenvalue weighted by Gasteiger charge is 2.18. The van der Waals surface area contributed by atoms with Crippen LogP contribution in [-0.4, -0.2) is 43.7 Å². The molecule has 0 bridgehead atoms. The third-order valence-electron chi connectivity index (χ3n) is 3.79. The molecule has 2 rings (SSSR count). The van der Waals surface area contributed by atoms with Gasteiger partial charge in [-0.15, -0.1) is 0 Å². The Kier molecular flexibility index (Phi) is 5.85. The van der Waals surface area contributed by atoms with Crippen LogP contribution in [0, 0.1) is 0 Å². The van der Waals surface area contributed by atoms with Crippen molar-refractivity contribution < 1.29 is 9.53 Å². The minimum absolute atomic E-state index is 0.0179. The van der Waals surface area contributed by atoms with E-state index in [1.807, 2.05) is 0 Å². The summed E-state index contributed by atoms with van der Waals surface area (Å²) in [6.07, 6.45) is 2.52. The van der Waals surface area contributed by atoms with Gasteiger partial charge >= 0.3 is 0 Å². The number of nitrogen functional groups attached to an aromatic ring is 1. The Morgan fingerprint density at radius 3 is 2.86 bits per heavy atom. The molecular formula is C15H22ClN3O2. The van der Waals surface area contributed by atoms with Gasteiger partial charge in [-0.2, -0.15) is 0 Å². The number of carbonyl (C=O) groups is 1. The number of carbonyl (C=O) groups excluding carboxylic acids is 1. The van der Waals surface area contributed by atoms with Crippen molar-refractivity contribution in [2.45, 2.75) is 25.3 Å². The van der Waals surface area contributed by atoms with E-state index in [-0.39, 0.29) is 5.91 Å². The van der Waals surface area contributed by atoms with E-state index in [0.717, 1.165) is 32.6 Å². The van der Waals surface area contributed by atoms with Gasteiger partial charge in [-0.05, 0) is 38.1 Å². The van der Waals surface area contributed by atoms with Gasteiger partial charge in [0.15, 0.2) is 0 Å². The molecule has 1 aromatic rings. The van der Waals surface area contributed by atoms with Crippen molar-refractivity contribution in [1.82, 2.24) is 4.90 Å². The zero-order valence-electron chi connectivity index (χ0n) is 12.3. The highest BCUT2D eigenvalue weighted by molar-refractivity contribution is 6.33. The molecule has 3 N–H and O–H groups in total. The van der Waals surface area contributed by atoms with E-state index in [1.165, 1.54) is 0 Å². The smallest absolute Gasteiger partial charge is 0.225 e. The fourth-order valence-corrected chi connectivity index (χ4v) is 2.55. The quantitative estimate of drug-likeness (QED) is 0.819. The Bertz CT molecular complexity index is 490. The highest BCUT2D eigenvalue weighted by Crippen LogP contribution is 2.22. The van der Waals surface area contributed by atoms with Crippen molar-refractivity contribution in [2.24, 2.45) is 0 Å². The number of nitrogens with zero attached hydrogens (tertiary/aromatic N) is 1. The lowest BCUT2D eigenvalue weighted by atomic mass is 10.1. The number of hydrogen-bond donors (Lipinski definition) is 2. The van der Waals surface area contributed by atoms with Crippen LogP contribution in [0.1, 0.15) is 19.3 Å². The molecule has 0 radical (unpaired) electrons. The second-order valence-electron chi connectivity index (χ2n) is 5.36. The molecule has 0 aliphatic carbocycles. The van der Waals surface area contributed by atoms with E-state index >= 15 is 0 Å². The van der Waals surface area contributed by atoms with Gasteiger partial charge in [-0.1, -0.05) is 11.6 Å². The molecule has 1 heterocycles. The van der Waals surface area contributed by atoms with Crippen molar-refractivity contribution in [2.75, 3.05) is 37.9 Å². The monoisotopic (exact) mass is 311 g/mol. The molecule has 5 nitrogen and oxygen atoms in total. The number of nitrogens with one attached hydrogen (secondary N) is 1. The van der Waals surface area contributed by atoms with Crippen molar-refractivity contribution >= 4 is 28.9 Å². The van der Waals surface area contributed by atoms with Gasteiger partial charge in [0.1, 0.15) is 0 Å². The predicted octanol–water partition coefficient (Wildman–Crippen LogP) is 2.36. The first-order chi connectivity index (χ1) is 10.1. The fourth-order valence-electron chi connectivity index (χ4n) is 2.43. The maximum atomic E-state index is 12.0. The third-order valence-corrected chi connectivity index (χ3v) is 4.13. The van der Waals surface area contributed by atoms with E-state index in [0.29, 0.717) is 28.9 Å². The third kappa shape index (κ3) is 4.88. The summed E-state index contributed by atoms with van der Waals surface area (Å²) in [6.45, 7) is 2.36. The van der Waals surface area contributed by atoms with E-state index in [1.54, 1.807) is 18.2 Å². The normalized spacial score (nSPS) is 16.1. The predicted molar refractivity (Wildman–Crippen MR) is 85.6 cm³/mol. The fraction of sp³-hybridized carbons (Fsp3) is 0.533. The van der Waals surface area contributed by atoms with Crippen LogP contribution in [0.5, 0.6) is 0 Å². The summed E-state index contributed by atoms with van der Waals surface area (Å²) in [6, 6.07) is 5.61. The number of hydrogen-bond acceptors (Lipinski definition) is 4. The first-order valence-electron chi connectivity index (χ1n) is 7.19. The van der Waals surface area contributed by atoms with Crippen LogP contribution in [0.2, 0.25) is 5.02 Å². The molecule has 1 aliphatic heterocycles. The Morgan fingerprint density at radius 2 is 2.19 bits per heavy atom. The molecule has 0 unspecified atom stereocenters. The van der Waals surface area contributed by atoms with E-state index in [9.17, 15) is 4.79 Å². The van der Waals surface area contributed by atoms with Crippen molar-refractivity contribution in [3.63, 3.8) is 0 Å². The second kappa shape index (κ2) is 7.64. The summed E-state index contributed by atoms with van der Waals surface area (Å²) >= 11 is 5.85. The molecular weight excluding hydrogens is 290 g/mol. The van der Waals surface area contributed by atoms with E-state index < -0.39 is 0 Å². The zero-order chi connectivity index (χ0) is 15.2. The molecule has 1 fully saturated rings. The number of benzene rings is 1.